The first-order valence-corrected chi connectivity index (χ1v) is 8.10. The number of carbonyl (C=O) groups is 2. The van der Waals surface area contributed by atoms with Gasteiger partial charge in [0.2, 0.25) is 0 Å². The van der Waals surface area contributed by atoms with E-state index in [2.05, 4.69) is 11.9 Å². The van der Waals surface area contributed by atoms with Crippen molar-refractivity contribution in [2.75, 3.05) is 6.54 Å². The average molecular weight is 332 g/mol. The second kappa shape index (κ2) is 7.28. The van der Waals surface area contributed by atoms with Gasteiger partial charge in [-0.15, -0.1) is 17.9 Å². The van der Waals surface area contributed by atoms with E-state index >= 15 is 0 Å². The third-order valence-corrected chi connectivity index (χ3v) is 4.70. The minimum Gasteiger partial charge on any atom is -0.449 e. The highest BCUT2D eigenvalue weighted by molar-refractivity contribution is 7.15. The Morgan fingerprint density at radius 1 is 1.39 bits per heavy atom. The van der Waals surface area contributed by atoms with Gasteiger partial charge in [-0.05, 0) is 38.5 Å². The van der Waals surface area contributed by atoms with Gasteiger partial charge in [-0.3, -0.25) is 4.79 Å². The molecule has 0 aromatic carbocycles. The van der Waals surface area contributed by atoms with E-state index in [4.69, 9.17) is 4.74 Å². The molecule has 5 nitrogen and oxygen atoms in total. The maximum atomic E-state index is 12.6. The molecule has 0 aliphatic rings. The number of esters is 1. The summed E-state index contributed by atoms with van der Waals surface area (Å²) < 4.78 is 7.21. The standard InChI is InChI=1S/C17H20N2O3S/c1-5-8-18-15(20)12(3)22-17(21)14-11(2)13(4)23-16(14)19-9-6-7-10-19/h5-7,9-10,12H,1,8H2,2-4H3,(H,18,20)/t12-/m0/s1. The van der Waals surface area contributed by atoms with E-state index in [-0.39, 0.29) is 5.91 Å². The predicted molar refractivity (Wildman–Crippen MR) is 91.2 cm³/mol. The zero-order valence-electron chi connectivity index (χ0n) is 13.5. The van der Waals surface area contributed by atoms with E-state index in [0.717, 1.165) is 15.4 Å². The van der Waals surface area contributed by atoms with E-state index in [0.29, 0.717) is 12.1 Å². The maximum Gasteiger partial charge on any atom is 0.342 e. The van der Waals surface area contributed by atoms with Crippen LogP contribution in [0.1, 0.15) is 27.7 Å². The Morgan fingerprint density at radius 3 is 2.65 bits per heavy atom. The van der Waals surface area contributed by atoms with Crippen LogP contribution in [0.2, 0.25) is 0 Å². The molecule has 1 atom stereocenters. The summed E-state index contributed by atoms with van der Waals surface area (Å²) in [6, 6.07) is 3.79. The Hall–Kier alpha value is -2.34. The number of rotatable bonds is 6. The molecule has 0 bridgehead atoms. The number of hydrogen-bond donors (Lipinski definition) is 1. The van der Waals surface area contributed by atoms with Gasteiger partial charge in [-0.1, -0.05) is 6.08 Å². The summed E-state index contributed by atoms with van der Waals surface area (Å²) in [5.41, 5.74) is 1.38. The van der Waals surface area contributed by atoms with Crippen LogP contribution < -0.4 is 5.32 Å². The van der Waals surface area contributed by atoms with Crippen molar-refractivity contribution in [1.29, 1.82) is 0 Å². The number of aryl methyl sites for hydroxylation is 1. The van der Waals surface area contributed by atoms with Crippen LogP contribution in [-0.4, -0.2) is 29.1 Å². The van der Waals surface area contributed by atoms with Crippen molar-refractivity contribution < 1.29 is 14.3 Å². The molecule has 2 heterocycles. The minimum atomic E-state index is -0.862. The molecule has 1 N–H and O–H groups in total. The molecule has 2 aromatic heterocycles. The monoisotopic (exact) mass is 332 g/mol. The highest BCUT2D eigenvalue weighted by Crippen LogP contribution is 2.31. The molecule has 2 rings (SSSR count). The van der Waals surface area contributed by atoms with Gasteiger partial charge in [0, 0.05) is 23.8 Å². The molecule has 1 amide bonds. The maximum absolute atomic E-state index is 12.6. The SMILES string of the molecule is C=CCNC(=O)[C@H](C)OC(=O)c1c(-n2cccc2)sc(C)c1C. The molecule has 0 aliphatic heterocycles. The number of nitrogens with one attached hydrogen (secondary N) is 1. The van der Waals surface area contributed by atoms with Crippen LogP contribution >= 0.6 is 11.3 Å². The Morgan fingerprint density at radius 2 is 2.04 bits per heavy atom. The van der Waals surface area contributed by atoms with Crippen molar-refractivity contribution in [1.82, 2.24) is 9.88 Å². The normalized spacial score (nSPS) is 11.8. The van der Waals surface area contributed by atoms with Gasteiger partial charge in [0.1, 0.15) is 5.00 Å². The van der Waals surface area contributed by atoms with Crippen LogP contribution in [0, 0.1) is 13.8 Å². The van der Waals surface area contributed by atoms with Crippen molar-refractivity contribution in [3.8, 4) is 5.00 Å². The fourth-order valence-corrected chi connectivity index (χ4v) is 3.20. The number of aromatic nitrogens is 1. The summed E-state index contributed by atoms with van der Waals surface area (Å²) in [4.78, 5) is 25.4. The fourth-order valence-electron chi connectivity index (χ4n) is 2.09. The number of nitrogens with zero attached hydrogens (tertiary/aromatic N) is 1. The van der Waals surface area contributed by atoms with E-state index < -0.39 is 12.1 Å². The zero-order valence-corrected chi connectivity index (χ0v) is 14.3. The van der Waals surface area contributed by atoms with Crippen LogP contribution in [0.4, 0.5) is 0 Å². The van der Waals surface area contributed by atoms with Crippen LogP contribution in [0.3, 0.4) is 0 Å². The topological polar surface area (TPSA) is 60.3 Å². The molecule has 0 spiro atoms. The molecule has 0 saturated heterocycles. The second-order valence-electron chi connectivity index (χ2n) is 5.14. The predicted octanol–water partition coefficient (Wildman–Crippen LogP) is 3.00. The summed E-state index contributed by atoms with van der Waals surface area (Å²) in [7, 11) is 0. The third kappa shape index (κ3) is 3.71. The molecule has 6 heteroatoms. The smallest absolute Gasteiger partial charge is 0.342 e. The van der Waals surface area contributed by atoms with Crippen molar-refractivity contribution in [3.05, 3.63) is 53.2 Å². The lowest BCUT2D eigenvalue weighted by Gasteiger charge is -2.14. The second-order valence-corrected chi connectivity index (χ2v) is 6.34. The molecule has 0 fully saturated rings. The highest BCUT2D eigenvalue weighted by atomic mass is 32.1. The summed E-state index contributed by atoms with van der Waals surface area (Å²) in [5.74, 6) is -0.831. The number of ether oxygens (including phenoxy) is 1. The Balaban J connectivity index is 2.23. The van der Waals surface area contributed by atoms with Crippen LogP contribution in [0.15, 0.2) is 37.2 Å². The number of hydrogen-bond acceptors (Lipinski definition) is 4. The molecule has 2 aromatic rings. The van der Waals surface area contributed by atoms with E-state index in [1.165, 1.54) is 11.3 Å². The molecule has 0 saturated carbocycles. The molecular formula is C17H20N2O3S. The first-order chi connectivity index (χ1) is 11.0. The van der Waals surface area contributed by atoms with E-state index in [1.54, 1.807) is 13.0 Å². The van der Waals surface area contributed by atoms with Gasteiger partial charge in [0.25, 0.3) is 5.91 Å². The van der Waals surface area contributed by atoms with Crippen molar-refractivity contribution in [2.24, 2.45) is 0 Å². The molecule has 0 aliphatic carbocycles. The lowest BCUT2D eigenvalue weighted by Crippen LogP contribution is -2.36. The lowest BCUT2D eigenvalue weighted by molar-refractivity contribution is -0.128. The average Bonchev–Trinajstić information content (AvgIpc) is 3.13. The Labute approximate surface area is 139 Å². The third-order valence-electron chi connectivity index (χ3n) is 3.48. The van der Waals surface area contributed by atoms with E-state index in [1.807, 2.05) is 42.9 Å². The van der Waals surface area contributed by atoms with Crippen LogP contribution in [-0.2, 0) is 9.53 Å². The summed E-state index contributed by atoms with van der Waals surface area (Å²) in [6.07, 6.45) is 4.46. The Bertz CT molecular complexity index is 717. The Kier molecular flexibility index (Phi) is 5.39. The first kappa shape index (κ1) is 17.0. The number of amides is 1. The van der Waals surface area contributed by atoms with Gasteiger partial charge in [0.05, 0.1) is 5.56 Å². The zero-order chi connectivity index (χ0) is 17.0. The van der Waals surface area contributed by atoms with Crippen molar-refractivity contribution >= 4 is 23.2 Å². The van der Waals surface area contributed by atoms with Crippen molar-refractivity contribution in [3.63, 3.8) is 0 Å². The van der Waals surface area contributed by atoms with Gasteiger partial charge in [-0.25, -0.2) is 4.79 Å². The largest absolute Gasteiger partial charge is 0.449 e. The molecule has 0 unspecified atom stereocenters. The summed E-state index contributed by atoms with van der Waals surface area (Å²) in [6.45, 7) is 9.28. The first-order valence-electron chi connectivity index (χ1n) is 7.28. The molecule has 0 radical (unpaired) electrons. The van der Waals surface area contributed by atoms with E-state index in [9.17, 15) is 9.59 Å². The lowest BCUT2D eigenvalue weighted by atomic mass is 10.1. The van der Waals surface area contributed by atoms with Crippen molar-refractivity contribution in [2.45, 2.75) is 26.9 Å². The number of thiophene rings is 1. The van der Waals surface area contributed by atoms with Gasteiger partial charge in [0.15, 0.2) is 6.10 Å². The van der Waals surface area contributed by atoms with Gasteiger partial charge < -0.3 is 14.6 Å². The fraction of sp³-hybridized carbons (Fsp3) is 0.294. The number of carbonyl (C=O) groups excluding carboxylic acids is 2. The summed E-state index contributed by atoms with van der Waals surface area (Å²) >= 11 is 1.52. The molecule has 23 heavy (non-hydrogen) atoms. The quantitative estimate of drug-likeness (QED) is 0.653. The van der Waals surface area contributed by atoms with Gasteiger partial charge in [-0.2, -0.15) is 0 Å². The summed E-state index contributed by atoms with van der Waals surface area (Å²) in [5, 5.41) is 3.41. The van der Waals surface area contributed by atoms with Crippen LogP contribution in [0.25, 0.3) is 5.00 Å². The highest BCUT2D eigenvalue weighted by Gasteiger charge is 2.25. The van der Waals surface area contributed by atoms with Crippen LogP contribution in [0.5, 0.6) is 0 Å². The molecule has 122 valence electrons. The minimum absolute atomic E-state index is 0.339. The van der Waals surface area contributed by atoms with Gasteiger partial charge >= 0.3 is 5.97 Å². The molecular weight excluding hydrogens is 312 g/mol.